The molecule has 2 aromatic heterocycles. The van der Waals surface area contributed by atoms with Gasteiger partial charge in [0, 0.05) is 20.3 Å². The lowest BCUT2D eigenvalue weighted by Gasteiger charge is -2.08. The predicted molar refractivity (Wildman–Crippen MR) is 103 cm³/mol. The molecule has 0 radical (unpaired) electrons. The second-order valence-electron chi connectivity index (χ2n) is 5.44. The molecule has 130 valence electrons. The molecule has 0 aliphatic heterocycles. The van der Waals surface area contributed by atoms with Gasteiger partial charge >= 0.3 is 0 Å². The fraction of sp³-hybridized carbons (Fsp3) is 0.235. The first-order chi connectivity index (χ1) is 12.1. The Labute approximate surface area is 159 Å². The van der Waals surface area contributed by atoms with Crippen LogP contribution in [-0.2, 0) is 24.3 Å². The van der Waals surface area contributed by atoms with Gasteiger partial charge in [0.05, 0.1) is 6.54 Å². The van der Waals surface area contributed by atoms with E-state index in [-0.39, 0.29) is 12.5 Å². The highest BCUT2D eigenvalue weighted by Crippen LogP contribution is 2.20. The number of H-pyrrole nitrogens is 1. The zero-order valence-electron chi connectivity index (χ0n) is 13.6. The van der Waals surface area contributed by atoms with Crippen LogP contribution in [0.15, 0.2) is 36.4 Å². The number of thiophene rings is 1. The topological polar surface area (TPSA) is 62.7 Å². The van der Waals surface area contributed by atoms with Crippen molar-refractivity contribution in [3.05, 3.63) is 55.9 Å². The molecule has 1 aromatic carbocycles. The summed E-state index contributed by atoms with van der Waals surface area (Å²) in [6.07, 6.45) is 1.01. The minimum atomic E-state index is -0.112. The number of aromatic amines is 1. The second-order valence-corrected chi connectivity index (χ2v) is 7.52. The molecule has 0 spiro atoms. The average molecular weight is 393 g/mol. The number of nitrogens with zero attached hydrogens (tertiary/aromatic N) is 2. The van der Waals surface area contributed by atoms with E-state index in [1.807, 2.05) is 18.2 Å². The normalized spacial score (nSPS) is 10.8. The predicted octanol–water partition coefficient (Wildman–Crippen LogP) is 4.20. The number of hydrogen-bond donors (Lipinski definition) is 2. The van der Waals surface area contributed by atoms with Crippen LogP contribution in [0.4, 0.5) is 0 Å². The van der Waals surface area contributed by atoms with Gasteiger partial charge in [-0.3, -0.25) is 14.5 Å². The number of aromatic nitrogens is 3. The fourth-order valence-electron chi connectivity index (χ4n) is 2.38. The quantitative estimate of drug-likeness (QED) is 0.618. The summed E-state index contributed by atoms with van der Waals surface area (Å²) in [5.41, 5.74) is 0.843. The Kier molecular flexibility index (Phi) is 5.67. The standard InChI is InChI=1S/C17H17ClN4OS2/c1-2-13-7-8-14(25-13)9-19-15(23)10-22-16(20-21-17(22)24)11-3-5-12(18)6-4-11/h3-8H,2,9-10H2,1H3,(H,19,23)(H,21,24). The largest absolute Gasteiger partial charge is 0.350 e. The number of hydrogen-bond acceptors (Lipinski definition) is 4. The van der Waals surface area contributed by atoms with Gasteiger partial charge in [0.25, 0.3) is 0 Å². The summed E-state index contributed by atoms with van der Waals surface area (Å²) >= 11 is 12.9. The van der Waals surface area contributed by atoms with Crippen LogP contribution in [0.3, 0.4) is 0 Å². The first-order valence-corrected chi connectivity index (χ1v) is 9.42. The molecule has 8 heteroatoms. The number of carbonyl (C=O) groups is 1. The molecular weight excluding hydrogens is 376 g/mol. The number of halogens is 1. The molecule has 0 saturated heterocycles. The molecule has 25 heavy (non-hydrogen) atoms. The van der Waals surface area contributed by atoms with E-state index in [1.165, 1.54) is 4.88 Å². The molecule has 2 N–H and O–H groups in total. The molecule has 0 fully saturated rings. The smallest absolute Gasteiger partial charge is 0.240 e. The molecule has 0 unspecified atom stereocenters. The minimum absolute atomic E-state index is 0.110. The maximum atomic E-state index is 12.3. The van der Waals surface area contributed by atoms with Gasteiger partial charge < -0.3 is 5.32 Å². The van der Waals surface area contributed by atoms with Crippen LogP contribution in [0.5, 0.6) is 0 Å². The first-order valence-electron chi connectivity index (χ1n) is 7.82. The fourth-order valence-corrected chi connectivity index (χ4v) is 3.60. The van der Waals surface area contributed by atoms with E-state index < -0.39 is 0 Å². The summed E-state index contributed by atoms with van der Waals surface area (Å²) in [6.45, 7) is 2.75. The minimum Gasteiger partial charge on any atom is -0.350 e. The molecule has 5 nitrogen and oxygen atoms in total. The van der Waals surface area contributed by atoms with Crippen LogP contribution in [0.2, 0.25) is 5.02 Å². The summed E-state index contributed by atoms with van der Waals surface area (Å²) in [6, 6.07) is 11.4. The van der Waals surface area contributed by atoms with Gasteiger partial charge in [-0.15, -0.1) is 11.3 Å². The molecule has 2 heterocycles. The average Bonchev–Trinajstić information content (AvgIpc) is 3.21. The Morgan fingerprint density at radius 2 is 2.00 bits per heavy atom. The van der Waals surface area contributed by atoms with Crippen LogP contribution in [-0.4, -0.2) is 20.7 Å². The molecule has 0 saturated carbocycles. The summed E-state index contributed by atoms with van der Waals surface area (Å²) < 4.78 is 2.09. The van der Waals surface area contributed by atoms with E-state index in [9.17, 15) is 4.79 Å². The van der Waals surface area contributed by atoms with E-state index in [0.29, 0.717) is 22.2 Å². The molecule has 3 aromatic rings. The summed E-state index contributed by atoms with van der Waals surface area (Å²) in [7, 11) is 0. The number of aryl methyl sites for hydroxylation is 1. The van der Waals surface area contributed by atoms with E-state index in [1.54, 1.807) is 28.0 Å². The Hall–Kier alpha value is -1.96. The summed E-state index contributed by atoms with van der Waals surface area (Å²) in [5.74, 6) is 0.500. The SMILES string of the molecule is CCc1ccc(CNC(=O)Cn2c(-c3ccc(Cl)cc3)n[nH]c2=S)s1. The molecule has 1 amide bonds. The lowest BCUT2D eigenvalue weighted by atomic mass is 10.2. The van der Waals surface area contributed by atoms with Crippen molar-refractivity contribution in [3.63, 3.8) is 0 Å². The highest BCUT2D eigenvalue weighted by Gasteiger charge is 2.12. The monoisotopic (exact) mass is 392 g/mol. The highest BCUT2D eigenvalue weighted by molar-refractivity contribution is 7.71. The number of nitrogens with one attached hydrogen (secondary N) is 2. The molecule has 0 aliphatic rings. The van der Waals surface area contributed by atoms with Gasteiger partial charge in [-0.1, -0.05) is 18.5 Å². The number of carbonyl (C=O) groups excluding carboxylic acids is 1. The third kappa shape index (κ3) is 4.36. The van der Waals surface area contributed by atoms with Crippen molar-refractivity contribution < 1.29 is 4.79 Å². The van der Waals surface area contributed by atoms with E-state index >= 15 is 0 Å². The Morgan fingerprint density at radius 1 is 1.28 bits per heavy atom. The third-order valence-corrected chi connectivity index (χ3v) is 5.48. The van der Waals surface area contributed by atoms with Gasteiger partial charge in [-0.25, -0.2) is 0 Å². The maximum Gasteiger partial charge on any atom is 0.240 e. The lowest BCUT2D eigenvalue weighted by molar-refractivity contribution is -0.121. The lowest BCUT2D eigenvalue weighted by Crippen LogP contribution is -2.27. The van der Waals surface area contributed by atoms with Gasteiger partial charge in [0.1, 0.15) is 6.54 Å². The Morgan fingerprint density at radius 3 is 2.68 bits per heavy atom. The second kappa shape index (κ2) is 7.95. The van der Waals surface area contributed by atoms with Crippen LogP contribution in [0.25, 0.3) is 11.4 Å². The zero-order valence-corrected chi connectivity index (χ0v) is 16.0. The van der Waals surface area contributed by atoms with Crippen molar-refractivity contribution in [3.8, 4) is 11.4 Å². The van der Waals surface area contributed by atoms with Crippen molar-refractivity contribution in [2.75, 3.05) is 0 Å². The van der Waals surface area contributed by atoms with Crippen LogP contribution < -0.4 is 5.32 Å². The van der Waals surface area contributed by atoms with Crippen LogP contribution in [0, 0.1) is 4.77 Å². The van der Waals surface area contributed by atoms with E-state index in [4.69, 9.17) is 23.8 Å². The van der Waals surface area contributed by atoms with E-state index in [2.05, 4.69) is 28.5 Å². The number of amides is 1. The van der Waals surface area contributed by atoms with Gasteiger partial charge in [0.15, 0.2) is 10.6 Å². The van der Waals surface area contributed by atoms with Gasteiger partial charge in [-0.05, 0) is 55.0 Å². The highest BCUT2D eigenvalue weighted by atomic mass is 35.5. The van der Waals surface area contributed by atoms with Crippen molar-refractivity contribution in [1.82, 2.24) is 20.1 Å². The Balaban J connectivity index is 1.70. The molecule has 0 bridgehead atoms. The van der Waals surface area contributed by atoms with Crippen molar-refractivity contribution in [2.45, 2.75) is 26.4 Å². The van der Waals surface area contributed by atoms with Gasteiger partial charge in [0.2, 0.25) is 5.91 Å². The molecule has 3 rings (SSSR count). The summed E-state index contributed by atoms with van der Waals surface area (Å²) in [4.78, 5) is 14.8. The number of benzene rings is 1. The summed E-state index contributed by atoms with van der Waals surface area (Å²) in [5, 5.41) is 10.5. The van der Waals surface area contributed by atoms with Crippen molar-refractivity contribution in [1.29, 1.82) is 0 Å². The molecule has 0 aliphatic carbocycles. The van der Waals surface area contributed by atoms with Gasteiger partial charge in [-0.2, -0.15) is 5.10 Å². The Bertz CT molecular complexity index is 927. The molecular formula is C17H17ClN4OS2. The van der Waals surface area contributed by atoms with E-state index in [0.717, 1.165) is 16.9 Å². The zero-order chi connectivity index (χ0) is 17.8. The first kappa shape index (κ1) is 17.8. The van der Waals surface area contributed by atoms with Crippen LogP contribution in [0.1, 0.15) is 16.7 Å². The number of rotatable bonds is 6. The molecule has 0 atom stereocenters. The van der Waals surface area contributed by atoms with Crippen molar-refractivity contribution >= 4 is 41.1 Å². The third-order valence-electron chi connectivity index (χ3n) is 3.69. The van der Waals surface area contributed by atoms with Crippen molar-refractivity contribution in [2.24, 2.45) is 0 Å². The van der Waals surface area contributed by atoms with Crippen LogP contribution >= 0.6 is 35.2 Å². The maximum absolute atomic E-state index is 12.3.